The number of nitrogens with one attached hydrogen (secondary N) is 1. The maximum Gasteiger partial charge on any atom is 0.180 e. The number of anilines is 1. The Kier molecular flexibility index (Phi) is 7.12. The zero-order valence-corrected chi connectivity index (χ0v) is 22.9. The van der Waals surface area contributed by atoms with Gasteiger partial charge in [0.15, 0.2) is 11.5 Å². The highest BCUT2D eigenvalue weighted by Gasteiger charge is 2.37. The zero-order valence-electron chi connectivity index (χ0n) is 22.1. The number of rotatable bonds is 7. The van der Waals surface area contributed by atoms with Gasteiger partial charge in [-0.3, -0.25) is 4.99 Å². The Hall–Kier alpha value is -4.02. The van der Waals surface area contributed by atoms with Gasteiger partial charge in [-0.15, -0.1) is 0 Å². The van der Waals surface area contributed by atoms with E-state index in [4.69, 9.17) is 26.1 Å². The lowest BCUT2D eigenvalue weighted by Crippen LogP contribution is -2.29. The maximum atomic E-state index is 6.58. The normalized spacial score (nSPS) is 19.4. The molecule has 0 radical (unpaired) electrons. The van der Waals surface area contributed by atoms with Crippen LogP contribution in [0.5, 0.6) is 11.5 Å². The van der Waals surface area contributed by atoms with Crippen molar-refractivity contribution in [1.82, 2.24) is 0 Å². The largest absolute Gasteiger partial charge is 0.493 e. The van der Waals surface area contributed by atoms with E-state index in [9.17, 15) is 0 Å². The lowest BCUT2D eigenvalue weighted by molar-refractivity contribution is 0.284. The van der Waals surface area contributed by atoms with Crippen molar-refractivity contribution < 1.29 is 9.47 Å². The van der Waals surface area contributed by atoms with E-state index in [-0.39, 0.29) is 6.04 Å². The molecule has 3 atom stereocenters. The second kappa shape index (κ2) is 11.0. The molecule has 0 bridgehead atoms. The van der Waals surface area contributed by atoms with E-state index in [1.54, 1.807) is 13.3 Å². The van der Waals surface area contributed by atoms with Crippen LogP contribution in [0.1, 0.15) is 46.2 Å². The van der Waals surface area contributed by atoms with Crippen LogP contribution >= 0.6 is 11.6 Å². The highest BCUT2D eigenvalue weighted by Crippen LogP contribution is 2.50. The second-order valence-electron chi connectivity index (χ2n) is 10.2. The molecule has 6 rings (SSSR count). The van der Waals surface area contributed by atoms with Gasteiger partial charge in [-0.25, -0.2) is 0 Å². The number of methoxy groups -OCH3 is 1. The lowest BCUT2D eigenvalue weighted by Gasteiger charge is -2.37. The molecule has 0 saturated carbocycles. The van der Waals surface area contributed by atoms with Crippen LogP contribution in [-0.2, 0) is 6.61 Å². The Morgan fingerprint density at radius 2 is 1.82 bits per heavy atom. The summed E-state index contributed by atoms with van der Waals surface area (Å²) in [5.74, 6) is 2.09. The van der Waals surface area contributed by atoms with E-state index in [0.29, 0.717) is 35.0 Å². The molecular weight excluding hydrogens is 504 g/mol. The van der Waals surface area contributed by atoms with Gasteiger partial charge in [0.2, 0.25) is 0 Å². The van der Waals surface area contributed by atoms with Gasteiger partial charge < -0.3 is 14.8 Å². The molecule has 1 aliphatic carbocycles. The molecule has 5 heteroatoms. The maximum absolute atomic E-state index is 6.58. The Balaban J connectivity index is 1.17. The van der Waals surface area contributed by atoms with E-state index in [0.717, 1.165) is 23.2 Å². The summed E-state index contributed by atoms with van der Waals surface area (Å²) in [5.41, 5.74) is 8.03. The summed E-state index contributed by atoms with van der Waals surface area (Å²) in [5, 5.41) is 4.30. The topological polar surface area (TPSA) is 42.8 Å². The summed E-state index contributed by atoms with van der Waals surface area (Å²) in [6, 6.07) is 29.2. The summed E-state index contributed by atoms with van der Waals surface area (Å²) in [7, 11) is 1.62. The fraction of sp³-hybridized carbons (Fsp3) is 0.206. The van der Waals surface area contributed by atoms with Crippen molar-refractivity contribution in [1.29, 1.82) is 0 Å². The van der Waals surface area contributed by atoms with Crippen molar-refractivity contribution in [2.45, 2.75) is 31.9 Å². The number of fused-ring (bicyclic) bond motifs is 3. The third kappa shape index (κ3) is 5.30. The van der Waals surface area contributed by atoms with Crippen molar-refractivity contribution in [3.8, 4) is 11.5 Å². The Morgan fingerprint density at radius 3 is 2.62 bits per heavy atom. The van der Waals surface area contributed by atoms with Gasteiger partial charge in [-0.05, 0) is 71.8 Å². The number of allylic oxidation sites excluding steroid dienone is 2. The molecule has 0 amide bonds. The average Bonchev–Trinajstić information content (AvgIpc) is 3.46. The van der Waals surface area contributed by atoms with Crippen LogP contribution < -0.4 is 14.8 Å². The summed E-state index contributed by atoms with van der Waals surface area (Å²) in [4.78, 5) is 4.70. The molecule has 4 aromatic carbocycles. The number of ether oxygens (including phenoxy) is 2. The highest BCUT2D eigenvalue weighted by molar-refractivity contribution is 6.32. The average molecular weight is 535 g/mol. The van der Waals surface area contributed by atoms with E-state index < -0.39 is 0 Å². The summed E-state index contributed by atoms with van der Waals surface area (Å²) < 4.78 is 11.6. The van der Waals surface area contributed by atoms with Crippen molar-refractivity contribution in [3.63, 3.8) is 0 Å². The number of hydrogen-bond acceptors (Lipinski definition) is 4. The highest BCUT2D eigenvalue weighted by atomic mass is 35.5. The molecule has 39 heavy (non-hydrogen) atoms. The predicted octanol–water partition coefficient (Wildman–Crippen LogP) is 8.81. The number of benzene rings is 4. The molecule has 0 fully saturated rings. The van der Waals surface area contributed by atoms with E-state index in [1.807, 2.05) is 42.5 Å². The van der Waals surface area contributed by atoms with E-state index >= 15 is 0 Å². The molecule has 196 valence electrons. The number of hydrogen-bond donors (Lipinski definition) is 1. The van der Waals surface area contributed by atoms with Crippen LogP contribution in [0.3, 0.4) is 0 Å². The van der Waals surface area contributed by atoms with E-state index in [2.05, 4.69) is 66.9 Å². The van der Waals surface area contributed by atoms with Crippen molar-refractivity contribution >= 4 is 29.2 Å². The molecule has 2 aliphatic rings. The number of aryl methyl sites for hydroxylation is 1. The van der Waals surface area contributed by atoms with Gasteiger partial charge in [-0.2, -0.15) is 0 Å². The third-order valence-corrected chi connectivity index (χ3v) is 7.89. The van der Waals surface area contributed by atoms with Gasteiger partial charge >= 0.3 is 0 Å². The monoisotopic (exact) mass is 534 g/mol. The van der Waals surface area contributed by atoms with Gasteiger partial charge in [0.05, 0.1) is 23.9 Å². The molecule has 4 nitrogen and oxygen atoms in total. The zero-order chi connectivity index (χ0) is 26.8. The van der Waals surface area contributed by atoms with Crippen molar-refractivity contribution in [3.05, 3.63) is 130 Å². The van der Waals surface area contributed by atoms with Gasteiger partial charge in [0, 0.05) is 17.8 Å². The molecule has 1 heterocycles. The van der Waals surface area contributed by atoms with Crippen LogP contribution in [0.25, 0.3) is 0 Å². The Labute approximate surface area is 235 Å². The van der Waals surface area contributed by atoms with Crippen LogP contribution in [0.4, 0.5) is 11.4 Å². The van der Waals surface area contributed by atoms with Gasteiger partial charge in [0.1, 0.15) is 6.61 Å². The fourth-order valence-corrected chi connectivity index (χ4v) is 5.92. The fourth-order valence-electron chi connectivity index (χ4n) is 5.64. The van der Waals surface area contributed by atoms with Crippen LogP contribution in [0.2, 0.25) is 5.02 Å². The van der Waals surface area contributed by atoms with Crippen molar-refractivity contribution in [2.24, 2.45) is 10.9 Å². The summed E-state index contributed by atoms with van der Waals surface area (Å²) >= 11 is 6.58. The SMILES string of the molecule is COc1cc(C=Nc2ccc([C@@H]3Nc4ccc(C)cc4[C@@H]4C=CC[C@@H]43)cc2)cc(Cl)c1OCc1ccccc1. The standard InChI is InChI=1S/C34H31ClN2O2/c1-22-11-16-31-29(17-22)27-9-6-10-28(27)33(37-31)25-12-14-26(15-13-25)36-20-24-18-30(35)34(32(19-24)38-2)39-21-23-7-4-3-5-8-23/h3-9,11-20,27-28,33,37H,10,21H2,1-2H3/t27-,28+,33+/m1/s1. The molecule has 0 unspecified atom stereocenters. The Morgan fingerprint density at radius 1 is 1.00 bits per heavy atom. The summed E-state index contributed by atoms with van der Waals surface area (Å²) in [6.07, 6.45) is 7.60. The molecule has 0 aromatic heterocycles. The second-order valence-corrected chi connectivity index (χ2v) is 10.6. The van der Waals surface area contributed by atoms with Crippen molar-refractivity contribution in [2.75, 3.05) is 12.4 Å². The minimum Gasteiger partial charge on any atom is -0.493 e. The van der Waals surface area contributed by atoms with Crippen LogP contribution in [0.15, 0.2) is 102 Å². The van der Waals surface area contributed by atoms with Crippen LogP contribution in [-0.4, -0.2) is 13.3 Å². The first-order chi connectivity index (χ1) is 19.1. The van der Waals surface area contributed by atoms with Gasteiger partial charge in [-0.1, -0.05) is 83.9 Å². The smallest absolute Gasteiger partial charge is 0.180 e. The van der Waals surface area contributed by atoms with E-state index in [1.165, 1.54) is 22.4 Å². The molecule has 4 aromatic rings. The lowest BCUT2D eigenvalue weighted by atomic mass is 9.76. The minimum absolute atomic E-state index is 0.268. The first kappa shape index (κ1) is 25.3. The minimum atomic E-state index is 0.268. The molecule has 0 saturated heterocycles. The molecule has 0 spiro atoms. The number of nitrogens with zero attached hydrogens (tertiary/aromatic N) is 1. The molecular formula is C34H31ClN2O2. The van der Waals surface area contributed by atoms with Crippen LogP contribution in [0, 0.1) is 12.8 Å². The summed E-state index contributed by atoms with van der Waals surface area (Å²) in [6.45, 7) is 2.58. The quantitative estimate of drug-likeness (QED) is 0.190. The number of halogens is 1. The Bertz CT molecular complexity index is 1530. The molecule has 1 N–H and O–H groups in total. The predicted molar refractivity (Wildman–Crippen MR) is 160 cm³/mol. The first-order valence-electron chi connectivity index (χ1n) is 13.3. The third-order valence-electron chi connectivity index (χ3n) is 7.61. The van der Waals surface area contributed by atoms with Gasteiger partial charge in [0.25, 0.3) is 0 Å². The molecule has 1 aliphatic heterocycles. The first-order valence-corrected chi connectivity index (χ1v) is 13.7. The number of aliphatic imine (C=N–C) groups is 1.